The van der Waals surface area contributed by atoms with Crippen molar-refractivity contribution in [3.63, 3.8) is 0 Å². The quantitative estimate of drug-likeness (QED) is 0.765. The molecule has 0 saturated carbocycles. The van der Waals surface area contributed by atoms with Crippen LogP contribution in [0.3, 0.4) is 0 Å². The van der Waals surface area contributed by atoms with Crippen LogP contribution in [0.25, 0.3) is 0 Å². The average molecular weight is 387 g/mol. The van der Waals surface area contributed by atoms with E-state index in [1.54, 1.807) is 0 Å². The number of hydrogen-bond donors (Lipinski definition) is 2. The lowest BCUT2D eigenvalue weighted by molar-refractivity contribution is -0.0485. The van der Waals surface area contributed by atoms with Crippen molar-refractivity contribution in [3.8, 4) is 0 Å². The highest BCUT2D eigenvalue weighted by atomic mass is 16.5. The first-order chi connectivity index (χ1) is 13.8. The Morgan fingerprint density at radius 1 is 0.786 bits per heavy atom. The maximum atomic E-state index is 7.00. The number of nitrogens with zero attached hydrogens (tertiary/aromatic N) is 1. The molecular formula is C23H34N2O3. The van der Waals surface area contributed by atoms with E-state index < -0.39 is 0 Å². The number of nitrogens with two attached hydrogens (primary N) is 1. The van der Waals surface area contributed by atoms with E-state index in [1.165, 1.54) is 11.1 Å². The number of aliphatic hydroxyl groups excluding tert-OH is 1. The van der Waals surface area contributed by atoms with Gasteiger partial charge in [0.15, 0.2) is 0 Å². The standard InChI is InChI=1S/C18H21NO.C4H9NO.CH4O/c1-3-7-16(8-4-1)11-19(13-18-14-20-15-18)12-17-9-5-2-6-10-17;5-1-4-2-6-3-4;1-2/h1-10,18H,11-15H2;4H,1-3,5H2;2H,1H3. The SMILES string of the molecule is CO.NCC1COC1.c1ccc(CN(Cc2ccccc2)CC2COC2)cc1. The monoisotopic (exact) mass is 386 g/mol. The Morgan fingerprint density at radius 2 is 1.21 bits per heavy atom. The largest absolute Gasteiger partial charge is 0.400 e. The molecule has 2 aromatic carbocycles. The second-order valence-corrected chi connectivity index (χ2v) is 7.18. The molecule has 0 atom stereocenters. The normalized spacial score (nSPS) is 16.1. The van der Waals surface area contributed by atoms with Gasteiger partial charge >= 0.3 is 0 Å². The molecule has 2 fully saturated rings. The summed E-state index contributed by atoms with van der Waals surface area (Å²) in [5.41, 5.74) is 8.01. The van der Waals surface area contributed by atoms with Crippen LogP contribution in [0.5, 0.6) is 0 Å². The summed E-state index contributed by atoms with van der Waals surface area (Å²) >= 11 is 0. The number of ether oxygens (including phenoxy) is 2. The molecule has 3 N–H and O–H groups in total. The zero-order valence-electron chi connectivity index (χ0n) is 16.9. The van der Waals surface area contributed by atoms with Gasteiger partial charge in [0.2, 0.25) is 0 Å². The molecule has 154 valence electrons. The predicted octanol–water partition coefficient (Wildman–Crippen LogP) is 2.54. The molecule has 4 rings (SSSR count). The Hall–Kier alpha value is -1.76. The van der Waals surface area contributed by atoms with Gasteiger partial charge in [0.25, 0.3) is 0 Å². The van der Waals surface area contributed by atoms with Crippen LogP contribution in [-0.2, 0) is 22.6 Å². The fraction of sp³-hybridized carbons (Fsp3) is 0.478. The first-order valence-electron chi connectivity index (χ1n) is 9.94. The van der Waals surface area contributed by atoms with E-state index in [4.69, 9.17) is 20.3 Å². The van der Waals surface area contributed by atoms with Crippen molar-refractivity contribution in [2.75, 3.05) is 46.6 Å². The zero-order chi connectivity index (χ0) is 20.0. The molecule has 2 heterocycles. The molecule has 2 aliphatic rings. The van der Waals surface area contributed by atoms with Crippen LogP contribution < -0.4 is 5.73 Å². The van der Waals surface area contributed by atoms with E-state index in [1.807, 2.05) is 0 Å². The summed E-state index contributed by atoms with van der Waals surface area (Å²) in [5, 5.41) is 7.00. The fourth-order valence-electron chi connectivity index (χ4n) is 3.04. The van der Waals surface area contributed by atoms with Gasteiger partial charge in [-0.15, -0.1) is 0 Å². The number of aliphatic hydroxyl groups is 1. The molecule has 5 nitrogen and oxygen atoms in total. The second-order valence-electron chi connectivity index (χ2n) is 7.18. The molecule has 0 spiro atoms. The summed E-state index contributed by atoms with van der Waals surface area (Å²) in [4.78, 5) is 2.53. The molecule has 0 radical (unpaired) electrons. The highest BCUT2D eigenvalue weighted by molar-refractivity contribution is 5.17. The number of rotatable bonds is 7. The van der Waals surface area contributed by atoms with Crippen LogP contribution >= 0.6 is 0 Å². The van der Waals surface area contributed by atoms with Crippen LogP contribution in [0.15, 0.2) is 60.7 Å². The molecule has 0 bridgehead atoms. The summed E-state index contributed by atoms with van der Waals surface area (Å²) in [6, 6.07) is 21.4. The highest BCUT2D eigenvalue weighted by Gasteiger charge is 2.21. The molecule has 5 heteroatoms. The third kappa shape index (κ3) is 8.09. The van der Waals surface area contributed by atoms with E-state index in [2.05, 4.69) is 65.6 Å². The second kappa shape index (κ2) is 13.4. The Labute approximate surface area is 169 Å². The summed E-state index contributed by atoms with van der Waals surface area (Å²) < 4.78 is 10.2. The van der Waals surface area contributed by atoms with E-state index in [0.717, 1.165) is 59.7 Å². The van der Waals surface area contributed by atoms with Crippen molar-refractivity contribution >= 4 is 0 Å². The minimum absolute atomic E-state index is 0.671. The lowest BCUT2D eigenvalue weighted by Gasteiger charge is -2.32. The number of hydrogen-bond acceptors (Lipinski definition) is 5. The first-order valence-corrected chi connectivity index (χ1v) is 9.94. The van der Waals surface area contributed by atoms with Gasteiger partial charge in [-0.1, -0.05) is 60.7 Å². The minimum atomic E-state index is 0.671. The lowest BCUT2D eigenvalue weighted by Crippen LogP contribution is -2.39. The van der Waals surface area contributed by atoms with Gasteiger partial charge in [-0.25, -0.2) is 0 Å². The van der Waals surface area contributed by atoms with E-state index in [0.29, 0.717) is 11.8 Å². The molecule has 0 amide bonds. The van der Waals surface area contributed by atoms with Gasteiger partial charge in [0, 0.05) is 38.6 Å². The van der Waals surface area contributed by atoms with Crippen molar-refractivity contribution in [2.45, 2.75) is 13.1 Å². The molecule has 0 aromatic heterocycles. The van der Waals surface area contributed by atoms with Gasteiger partial charge in [-0.2, -0.15) is 0 Å². The van der Waals surface area contributed by atoms with E-state index >= 15 is 0 Å². The van der Waals surface area contributed by atoms with Gasteiger partial charge < -0.3 is 20.3 Å². The van der Waals surface area contributed by atoms with Crippen LogP contribution in [-0.4, -0.2) is 56.6 Å². The zero-order valence-corrected chi connectivity index (χ0v) is 16.9. The van der Waals surface area contributed by atoms with E-state index in [-0.39, 0.29) is 0 Å². The Bertz CT molecular complexity index is 572. The predicted molar refractivity (Wildman–Crippen MR) is 113 cm³/mol. The topological polar surface area (TPSA) is 68.0 Å². The Kier molecular flexibility index (Phi) is 10.8. The van der Waals surface area contributed by atoms with Gasteiger partial charge in [0.1, 0.15) is 0 Å². The Morgan fingerprint density at radius 3 is 1.50 bits per heavy atom. The third-order valence-electron chi connectivity index (χ3n) is 4.76. The molecule has 2 saturated heterocycles. The highest BCUT2D eigenvalue weighted by Crippen LogP contribution is 2.16. The van der Waals surface area contributed by atoms with Crippen molar-refractivity contribution in [1.82, 2.24) is 4.90 Å². The third-order valence-corrected chi connectivity index (χ3v) is 4.76. The van der Waals surface area contributed by atoms with E-state index in [9.17, 15) is 0 Å². The van der Waals surface area contributed by atoms with Gasteiger partial charge in [0.05, 0.1) is 26.4 Å². The van der Waals surface area contributed by atoms with Crippen LogP contribution in [0, 0.1) is 11.8 Å². The lowest BCUT2D eigenvalue weighted by atomic mass is 10.1. The summed E-state index contributed by atoms with van der Waals surface area (Å²) in [7, 11) is 1.00. The van der Waals surface area contributed by atoms with Crippen LogP contribution in [0.2, 0.25) is 0 Å². The van der Waals surface area contributed by atoms with Crippen LogP contribution in [0.1, 0.15) is 11.1 Å². The van der Waals surface area contributed by atoms with Crippen molar-refractivity contribution in [2.24, 2.45) is 17.6 Å². The smallest absolute Gasteiger partial charge is 0.0528 e. The van der Waals surface area contributed by atoms with Crippen molar-refractivity contribution in [3.05, 3.63) is 71.8 Å². The molecule has 28 heavy (non-hydrogen) atoms. The minimum Gasteiger partial charge on any atom is -0.400 e. The summed E-state index contributed by atoms with van der Waals surface area (Å²) in [6.45, 7) is 7.52. The number of benzene rings is 2. The Balaban J connectivity index is 0.000000296. The van der Waals surface area contributed by atoms with Gasteiger partial charge in [-0.3, -0.25) is 4.90 Å². The molecule has 0 aliphatic carbocycles. The summed E-state index contributed by atoms with van der Waals surface area (Å²) in [6.07, 6.45) is 0. The van der Waals surface area contributed by atoms with Crippen molar-refractivity contribution in [1.29, 1.82) is 0 Å². The van der Waals surface area contributed by atoms with Crippen molar-refractivity contribution < 1.29 is 14.6 Å². The molecular weight excluding hydrogens is 352 g/mol. The maximum absolute atomic E-state index is 7.00. The fourth-order valence-corrected chi connectivity index (χ4v) is 3.04. The average Bonchev–Trinajstić information content (AvgIpc) is 2.67. The first kappa shape index (κ1) is 22.5. The summed E-state index contributed by atoms with van der Waals surface area (Å²) in [5.74, 6) is 1.37. The molecule has 2 aliphatic heterocycles. The maximum Gasteiger partial charge on any atom is 0.0528 e. The molecule has 0 unspecified atom stereocenters. The van der Waals surface area contributed by atoms with Gasteiger partial charge in [-0.05, 0) is 17.7 Å². The molecule has 2 aromatic rings. The van der Waals surface area contributed by atoms with Crippen LogP contribution in [0.4, 0.5) is 0 Å².